The average molecular weight is 489 g/mol. The Balaban J connectivity index is 1.49. The monoisotopic (exact) mass is 488 g/mol. The maximum absolute atomic E-state index is 12.8. The van der Waals surface area contributed by atoms with Crippen LogP contribution in [0.25, 0.3) is 11.1 Å². The summed E-state index contributed by atoms with van der Waals surface area (Å²) in [6, 6.07) is 8.73. The van der Waals surface area contributed by atoms with Gasteiger partial charge >= 0.3 is 5.76 Å². The number of sulfonamides is 1. The molecule has 34 heavy (non-hydrogen) atoms. The Hall–Kier alpha value is -3.51. The van der Waals surface area contributed by atoms with Crippen molar-refractivity contribution in [2.45, 2.75) is 44.0 Å². The summed E-state index contributed by atoms with van der Waals surface area (Å²) < 4.78 is 33.4. The number of aromatic nitrogens is 1. The molecule has 0 bridgehead atoms. The number of oxazole rings is 1. The van der Waals surface area contributed by atoms with E-state index in [-0.39, 0.29) is 34.8 Å². The first-order chi connectivity index (χ1) is 16.2. The van der Waals surface area contributed by atoms with Gasteiger partial charge in [0.2, 0.25) is 15.9 Å². The highest BCUT2D eigenvalue weighted by Crippen LogP contribution is 2.25. The third kappa shape index (κ3) is 4.59. The summed E-state index contributed by atoms with van der Waals surface area (Å²) >= 11 is 0. The molecular formula is C22H24N4O7S. The van der Waals surface area contributed by atoms with Gasteiger partial charge in [-0.05, 0) is 37.5 Å². The van der Waals surface area contributed by atoms with Gasteiger partial charge in [-0.25, -0.2) is 13.2 Å². The van der Waals surface area contributed by atoms with Crippen LogP contribution in [0.1, 0.15) is 31.7 Å². The van der Waals surface area contributed by atoms with Crippen LogP contribution in [0.2, 0.25) is 0 Å². The Kier molecular flexibility index (Phi) is 6.53. The van der Waals surface area contributed by atoms with Crippen LogP contribution in [0.4, 0.5) is 11.4 Å². The molecule has 1 N–H and O–H groups in total. The summed E-state index contributed by atoms with van der Waals surface area (Å²) in [5.41, 5.74) is 1.27. The Morgan fingerprint density at radius 1 is 1.18 bits per heavy atom. The molecule has 4 rings (SSSR count). The van der Waals surface area contributed by atoms with Crippen LogP contribution >= 0.6 is 0 Å². The molecule has 11 nitrogen and oxygen atoms in total. The third-order valence-electron chi connectivity index (χ3n) is 5.85. The van der Waals surface area contributed by atoms with Gasteiger partial charge in [-0.2, -0.15) is 4.31 Å². The number of nitrogens with one attached hydrogen (secondary N) is 1. The van der Waals surface area contributed by atoms with Crippen LogP contribution < -0.4 is 11.1 Å². The fourth-order valence-corrected chi connectivity index (χ4v) is 5.58. The van der Waals surface area contributed by atoms with Crippen LogP contribution in [-0.4, -0.2) is 41.2 Å². The average Bonchev–Trinajstić information content (AvgIpc) is 3.45. The van der Waals surface area contributed by atoms with E-state index in [1.165, 1.54) is 33.1 Å². The van der Waals surface area contributed by atoms with Crippen molar-refractivity contribution in [2.24, 2.45) is 0 Å². The molecule has 1 saturated heterocycles. The van der Waals surface area contributed by atoms with Gasteiger partial charge in [0.15, 0.2) is 5.58 Å². The highest BCUT2D eigenvalue weighted by atomic mass is 32.2. The van der Waals surface area contributed by atoms with Crippen molar-refractivity contribution in [3.8, 4) is 0 Å². The van der Waals surface area contributed by atoms with Gasteiger partial charge in [-0.1, -0.05) is 13.0 Å². The Bertz CT molecular complexity index is 1420. The van der Waals surface area contributed by atoms with Crippen molar-refractivity contribution in [2.75, 3.05) is 18.4 Å². The molecule has 1 aliphatic heterocycles. The van der Waals surface area contributed by atoms with Crippen molar-refractivity contribution in [3.63, 3.8) is 0 Å². The third-order valence-corrected chi connectivity index (χ3v) is 7.75. The van der Waals surface area contributed by atoms with Crippen LogP contribution in [0.3, 0.4) is 0 Å². The number of nitrogens with zero attached hydrogens (tertiary/aromatic N) is 3. The highest BCUT2D eigenvalue weighted by molar-refractivity contribution is 7.89. The number of hydrogen-bond donors (Lipinski definition) is 1. The number of amides is 1. The summed E-state index contributed by atoms with van der Waals surface area (Å²) in [4.78, 5) is 35.5. The minimum Gasteiger partial charge on any atom is -0.408 e. The summed E-state index contributed by atoms with van der Waals surface area (Å²) in [5.74, 6) is -1.14. The lowest BCUT2D eigenvalue weighted by atomic mass is 10.1. The van der Waals surface area contributed by atoms with E-state index in [2.05, 4.69) is 5.32 Å². The van der Waals surface area contributed by atoms with E-state index in [0.717, 1.165) is 12.8 Å². The van der Waals surface area contributed by atoms with Gasteiger partial charge in [-0.3, -0.25) is 19.5 Å². The van der Waals surface area contributed by atoms with Crippen molar-refractivity contribution in [1.82, 2.24) is 8.87 Å². The van der Waals surface area contributed by atoms with Crippen LogP contribution in [-0.2, 0) is 27.8 Å². The van der Waals surface area contributed by atoms with E-state index >= 15 is 0 Å². The molecule has 3 aromatic rings. The fourth-order valence-electron chi connectivity index (χ4n) is 4.04. The molecule has 1 fully saturated rings. The zero-order valence-corrected chi connectivity index (χ0v) is 19.3. The molecule has 1 aliphatic rings. The molecule has 2 heterocycles. The Morgan fingerprint density at radius 3 is 2.59 bits per heavy atom. The smallest absolute Gasteiger partial charge is 0.408 e. The minimum absolute atomic E-state index is 0.00890. The zero-order chi connectivity index (χ0) is 24.5. The van der Waals surface area contributed by atoms with Gasteiger partial charge in [0.05, 0.1) is 15.3 Å². The Labute approximate surface area is 195 Å². The number of carbonyl (C=O) groups is 1. The highest BCUT2D eigenvalue weighted by Gasteiger charge is 2.28. The molecule has 180 valence electrons. The number of anilines is 1. The summed E-state index contributed by atoms with van der Waals surface area (Å²) in [5, 5.41) is 13.8. The van der Waals surface area contributed by atoms with Gasteiger partial charge < -0.3 is 9.73 Å². The van der Waals surface area contributed by atoms with Crippen LogP contribution in [0.15, 0.2) is 50.5 Å². The number of nitro benzene ring substituents is 1. The molecule has 0 aliphatic carbocycles. The van der Waals surface area contributed by atoms with Crippen molar-refractivity contribution in [3.05, 3.63) is 62.6 Å². The first-order valence-electron chi connectivity index (χ1n) is 10.9. The molecule has 12 heteroatoms. The number of hydrogen-bond acceptors (Lipinski definition) is 7. The molecule has 0 radical (unpaired) electrons. The summed E-state index contributed by atoms with van der Waals surface area (Å²) in [7, 11) is -3.66. The first kappa shape index (κ1) is 23.6. The van der Waals surface area contributed by atoms with E-state index in [9.17, 15) is 28.1 Å². The lowest BCUT2D eigenvalue weighted by Gasteiger charge is -2.15. The molecule has 0 unspecified atom stereocenters. The molecule has 1 aromatic heterocycles. The SMILES string of the molecule is CCc1ccc(NC(=O)CCn2c(=O)oc3cc(S(=O)(=O)N4CCCC4)ccc32)cc1[N+](=O)[O-]. The predicted molar refractivity (Wildman–Crippen MR) is 124 cm³/mol. The zero-order valence-electron chi connectivity index (χ0n) is 18.5. The second-order valence-corrected chi connectivity index (χ2v) is 9.95. The quantitative estimate of drug-likeness (QED) is 0.379. The van der Waals surface area contributed by atoms with Gasteiger partial charge in [0.1, 0.15) is 0 Å². The van der Waals surface area contributed by atoms with Gasteiger partial charge in [-0.15, -0.1) is 0 Å². The number of fused-ring (bicyclic) bond motifs is 1. The van der Waals surface area contributed by atoms with Crippen molar-refractivity contribution in [1.29, 1.82) is 0 Å². The lowest BCUT2D eigenvalue weighted by molar-refractivity contribution is -0.385. The predicted octanol–water partition coefficient (Wildman–Crippen LogP) is 2.88. The van der Waals surface area contributed by atoms with E-state index in [1.807, 2.05) is 0 Å². The standard InChI is InChI=1S/C22H24N4O7S/c1-2-15-5-6-16(13-19(15)26(29)30)23-21(27)9-12-25-18-8-7-17(14-20(18)33-22(25)28)34(31,32)24-10-3-4-11-24/h5-8,13-14H,2-4,9-12H2,1H3,(H,23,27). The van der Waals surface area contributed by atoms with E-state index < -0.39 is 26.6 Å². The molecule has 0 saturated carbocycles. The number of benzene rings is 2. The topological polar surface area (TPSA) is 145 Å². The maximum Gasteiger partial charge on any atom is 0.419 e. The lowest BCUT2D eigenvalue weighted by Crippen LogP contribution is -2.27. The second kappa shape index (κ2) is 9.39. The molecule has 0 atom stereocenters. The van der Waals surface area contributed by atoms with Gasteiger partial charge in [0.25, 0.3) is 5.69 Å². The van der Waals surface area contributed by atoms with Crippen molar-refractivity contribution >= 4 is 38.4 Å². The molecule has 1 amide bonds. The van der Waals surface area contributed by atoms with Crippen LogP contribution in [0.5, 0.6) is 0 Å². The number of rotatable bonds is 8. The van der Waals surface area contributed by atoms with Crippen molar-refractivity contribution < 1.29 is 22.6 Å². The minimum atomic E-state index is -3.66. The molecule has 2 aromatic carbocycles. The van der Waals surface area contributed by atoms with E-state index in [1.54, 1.807) is 19.1 Å². The second-order valence-electron chi connectivity index (χ2n) is 8.01. The normalized spacial score (nSPS) is 14.5. The molecule has 0 spiro atoms. The first-order valence-corrected chi connectivity index (χ1v) is 12.4. The molecular weight excluding hydrogens is 464 g/mol. The fraction of sp³-hybridized carbons (Fsp3) is 0.364. The number of nitro groups is 1. The summed E-state index contributed by atoms with van der Waals surface area (Å²) in [6.07, 6.45) is 2.02. The number of aryl methyl sites for hydroxylation is 2. The van der Waals surface area contributed by atoms with Crippen LogP contribution in [0, 0.1) is 10.1 Å². The summed E-state index contributed by atoms with van der Waals surface area (Å²) in [6.45, 7) is 2.72. The number of carbonyl (C=O) groups excluding carboxylic acids is 1. The maximum atomic E-state index is 12.8. The Morgan fingerprint density at radius 2 is 1.91 bits per heavy atom. The van der Waals surface area contributed by atoms with E-state index in [0.29, 0.717) is 30.6 Å². The van der Waals surface area contributed by atoms with Gasteiger partial charge in [0, 0.05) is 49.4 Å². The largest absolute Gasteiger partial charge is 0.419 e. The van der Waals surface area contributed by atoms with E-state index in [4.69, 9.17) is 4.42 Å².